The highest BCUT2D eigenvalue weighted by atomic mass is 35.5. The van der Waals surface area contributed by atoms with Crippen LogP contribution in [0.5, 0.6) is 5.75 Å². The molecule has 4 heteroatoms. The van der Waals surface area contributed by atoms with Gasteiger partial charge in [0.1, 0.15) is 6.10 Å². The highest BCUT2D eigenvalue weighted by Gasteiger charge is 2.22. The molecule has 0 spiro atoms. The van der Waals surface area contributed by atoms with Crippen LogP contribution in [0.1, 0.15) is 30.6 Å². The molecule has 0 bridgehead atoms. The second-order valence-electron chi connectivity index (χ2n) is 5.07. The molecule has 0 saturated heterocycles. The zero-order valence-corrected chi connectivity index (χ0v) is 12.9. The van der Waals surface area contributed by atoms with Crippen molar-refractivity contribution in [1.82, 2.24) is 0 Å². The summed E-state index contributed by atoms with van der Waals surface area (Å²) in [4.78, 5) is 0. The largest absolute Gasteiger partial charge is 0.481 e. The standard InChI is InChI=1S/C17H19ClFNO/c1-3-14(20)17(12-9-7-11(2)8-10-12)21-15-6-4-5-13(18)16(15)19/h4-10,14,17H,3,20H2,1-2H3. The van der Waals surface area contributed by atoms with E-state index in [1.165, 1.54) is 6.07 Å². The topological polar surface area (TPSA) is 35.2 Å². The van der Waals surface area contributed by atoms with E-state index in [9.17, 15) is 4.39 Å². The number of ether oxygens (including phenoxy) is 1. The molecular weight excluding hydrogens is 289 g/mol. The molecule has 0 aromatic heterocycles. The van der Waals surface area contributed by atoms with Gasteiger partial charge in [-0.2, -0.15) is 0 Å². The quantitative estimate of drug-likeness (QED) is 0.873. The van der Waals surface area contributed by atoms with Crippen molar-refractivity contribution in [1.29, 1.82) is 0 Å². The average molecular weight is 308 g/mol. The Morgan fingerprint density at radius 1 is 1.19 bits per heavy atom. The van der Waals surface area contributed by atoms with Gasteiger partial charge in [0.2, 0.25) is 0 Å². The lowest BCUT2D eigenvalue weighted by Crippen LogP contribution is -2.31. The zero-order chi connectivity index (χ0) is 15.4. The first-order valence-corrected chi connectivity index (χ1v) is 7.33. The molecule has 2 unspecified atom stereocenters. The van der Waals surface area contributed by atoms with Crippen LogP contribution in [-0.2, 0) is 0 Å². The SMILES string of the molecule is CCC(N)C(Oc1cccc(Cl)c1F)c1ccc(C)cc1. The third-order valence-corrected chi connectivity index (χ3v) is 3.73. The molecule has 2 nitrogen and oxygen atoms in total. The summed E-state index contributed by atoms with van der Waals surface area (Å²) in [5, 5.41) is 0.0419. The van der Waals surface area contributed by atoms with Crippen LogP contribution in [0.15, 0.2) is 42.5 Å². The van der Waals surface area contributed by atoms with Gasteiger partial charge in [0.25, 0.3) is 0 Å². The third-order valence-electron chi connectivity index (χ3n) is 3.44. The van der Waals surface area contributed by atoms with Gasteiger partial charge in [-0.3, -0.25) is 0 Å². The van der Waals surface area contributed by atoms with E-state index < -0.39 is 11.9 Å². The number of hydrogen-bond donors (Lipinski definition) is 1. The Labute approximate surface area is 129 Å². The van der Waals surface area contributed by atoms with Crippen LogP contribution in [0.25, 0.3) is 0 Å². The summed E-state index contributed by atoms with van der Waals surface area (Å²) in [6.45, 7) is 3.99. The van der Waals surface area contributed by atoms with Gasteiger partial charge in [0.05, 0.1) is 5.02 Å². The smallest absolute Gasteiger partial charge is 0.183 e. The number of rotatable bonds is 5. The Hall–Kier alpha value is -1.58. The molecule has 2 aromatic carbocycles. The van der Waals surface area contributed by atoms with Crippen molar-refractivity contribution in [2.24, 2.45) is 5.73 Å². The van der Waals surface area contributed by atoms with Crippen LogP contribution in [0.4, 0.5) is 4.39 Å². The number of benzene rings is 2. The number of aryl methyl sites for hydroxylation is 1. The fourth-order valence-electron chi connectivity index (χ4n) is 2.08. The minimum atomic E-state index is -0.556. The number of halogens is 2. The van der Waals surface area contributed by atoms with Crippen molar-refractivity contribution in [3.63, 3.8) is 0 Å². The molecule has 112 valence electrons. The Morgan fingerprint density at radius 3 is 2.48 bits per heavy atom. The summed E-state index contributed by atoms with van der Waals surface area (Å²) in [6.07, 6.45) is 0.310. The van der Waals surface area contributed by atoms with Gasteiger partial charge in [0.15, 0.2) is 11.6 Å². The summed E-state index contributed by atoms with van der Waals surface area (Å²) in [5.41, 5.74) is 8.22. The molecule has 0 aliphatic heterocycles. The minimum absolute atomic E-state index is 0.0419. The summed E-state index contributed by atoms with van der Waals surface area (Å²) in [6, 6.07) is 12.4. The molecule has 0 saturated carbocycles. The lowest BCUT2D eigenvalue weighted by molar-refractivity contribution is 0.164. The maximum atomic E-state index is 14.0. The number of hydrogen-bond acceptors (Lipinski definition) is 2. The molecule has 0 amide bonds. The first-order chi connectivity index (χ1) is 10.0. The summed E-state index contributed by atoms with van der Waals surface area (Å²) in [5.74, 6) is -0.434. The molecule has 2 rings (SSSR count). The van der Waals surface area contributed by atoms with Crippen molar-refractivity contribution < 1.29 is 9.13 Å². The van der Waals surface area contributed by atoms with E-state index in [0.29, 0.717) is 0 Å². The molecule has 0 fully saturated rings. The third kappa shape index (κ3) is 3.74. The van der Waals surface area contributed by atoms with E-state index in [4.69, 9.17) is 22.1 Å². The molecule has 21 heavy (non-hydrogen) atoms. The van der Waals surface area contributed by atoms with Gasteiger partial charge in [-0.25, -0.2) is 4.39 Å². The Morgan fingerprint density at radius 2 is 1.86 bits per heavy atom. The predicted octanol–water partition coefficient (Wildman–Crippen LogP) is 4.64. The average Bonchev–Trinajstić information content (AvgIpc) is 2.49. The second-order valence-corrected chi connectivity index (χ2v) is 5.48. The predicted molar refractivity (Wildman–Crippen MR) is 84.2 cm³/mol. The minimum Gasteiger partial charge on any atom is -0.481 e. The molecule has 2 N–H and O–H groups in total. The molecule has 0 aliphatic carbocycles. The van der Waals surface area contributed by atoms with Crippen molar-refractivity contribution in [3.8, 4) is 5.75 Å². The molecule has 2 atom stereocenters. The van der Waals surface area contributed by atoms with Crippen LogP contribution in [0.3, 0.4) is 0 Å². The van der Waals surface area contributed by atoms with Crippen LogP contribution >= 0.6 is 11.6 Å². The Bertz CT molecular complexity index is 600. The van der Waals surface area contributed by atoms with Gasteiger partial charge in [-0.15, -0.1) is 0 Å². The van der Waals surface area contributed by atoms with Crippen LogP contribution < -0.4 is 10.5 Å². The van der Waals surface area contributed by atoms with Gasteiger partial charge >= 0.3 is 0 Å². The van der Waals surface area contributed by atoms with E-state index in [2.05, 4.69) is 0 Å². The van der Waals surface area contributed by atoms with Gasteiger partial charge in [-0.05, 0) is 31.0 Å². The van der Waals surface area contributed by atoms with Gasteiger partial charge in [0, 0.05) is 6.04 Å². The fraction of sp³-hybridized carbons (Fsp3) is 0.294. The van der Waals surface area contributed by atoms with Crippen LogP contribution in [0, 0.1) is 12.7 Å². The fourth-order valence-corrected chi connectivity index (χ4v) is 2.25. The van der Waals surface area contributed by atoms with Gasteiger partial charge < -0.3 is 10.5 Å². The van der Waals surface area contributed by atoms with E-state index >= 15 is 0 Å². The van der Waals surface area contributed by atoms with E-state index in [0.717, 1.165) is 17.5 Å². The highest BCUT2D eigenvalue weighted by molar-refractivity contribution is 6.30. The maximum Gasteiger partial charge on any atom is 0.183 e. The summed E-state index contributed by atoms with van der Waals surface area (Å²) in [7, 11) is 0. The molecular formula is C17H19ClFNO. The van der Waals surface area contributed by atoms with Crippen LogP contribution in [0.2, 0.25) is 5.02 Å². The monoisotopic (exact) mass is 307 g/mol. The molecule has 0 aliphatic rings. The van der Waals surface area contributed by atoms with E-state index in [1.807, 2.05) is 38.1 Å². The Balaban J connectivity index is 2.33. The highest BCUT2D eigenvalue weighted by Crippen LogP contribution is 2.30. The second kappa shape index (κ2) is 6.92. The first kappa shape index (κ1) is 15.8. The van der Waals surface area contributed by atoms with Crippen molar-refractivity contribution in [2.45, 2.75) is 32.4 Å². The number of nitrogens with two attached hydrogens (primary N) is 1. The van der Waals surface area contributed by atoms with E-state index in [-0.39, 0.29) is 16.8 Å². The van der Waals surface area contributed by atoms with E-state index in [1.54, 1.807) is 12.1 Å². The summed E-state index contributed by atoms with van der Waals surface area (Å²) < 4.78 is 19.8. The zero-order valence-electron chi connectivity index (χ0n) is 12.1. The maximum absolute atomic E-state index is 14.0. The van der Waals surface area contributed by atoms with Crippen molar-refractivity contribution >= 4 is 11.6 Å². The summed E-state index contributed by atoms with van der Waals surface area (Å²) >= 11 is 5.79. The van der Waals surface area contributed by atoms with Crippen LogP contribution in [-0.4, -0.2) is 6.04 Å². The van der Waals surface area contributed by atoms with Crippen molar-refractivity contribution in [3.05, 3.63) is 64.4 Å². The molecule has 0 heterocycles. The Kier molecular flexibility index (Phi) is 5.21. The van der Waals surface area contributed by atoms with Crippen molar-refractivity contribution in [2.75, 3.05) is 0 Å². The lowest BCUT2D eigenvalue weighted by Gasteiger charge is -2.25. The molecule has 0 radical (unpaired) electrons. The molecule has 2 aromatic rings. The first-order valence-electron chi connectivity index (χ1n) is 6.95. The normalized spacial score (nSPS) is 13.8. The van der Waals surface area contributed by atoms with Gasteiger partial charge in [-0.1, -0.05) is 54.4 Å². The lowest BCUT2D eigenvalue weighted by atomic mass is 10.00.